The van der Waals surface area contributed by atoms with Crippen molar-refractivity contribution in [1.82, 2.24) is 15.5 Å². The number of primary amides is 1. The summed E-state index contributed by atoms with van der Waals surface area (Å²) in [4.78, 5) is 40.2. The zero-order chi connectivity index (χ0) is 21.2. The highest BCUT2D eigenvalue weighted by molar-refractivity contribution is 6.25. The normalized spacial score (nSPS) is 36.8. The summed E-state index contributed by atoms with van der Waals surface area (Å²) in [5.41, 5.74) is 5.59. The Labute approximate surface area is 173 Å². The van der Waals surface area contributed by atoms with Crippen molar-refractivity contribution in [2.45, 2.75) is 43.7 Å². The van der Waals surface area contributed by atoms with E-state index in [-0.39, 0.29) is 42.1 Å². The zero-order valence-electron chi connectivity index (χ0n) is 17.0. The Morgan fingerprint density at radius 2 is 2.20 bits per heavy atom. The van der Waals surface area contributed by atoms with Gasteiger partial charge in [0.2, 0.25) is 11.6 Å². The van der Waals surface area contributed by atoms with E-state index >= 15 is 0 Å². The Kier molecular flexibility index (Phi) is 4.42. The molecule has 0 saturated carbocycles. The molecule has 1 aliphatic carbocycles. The van der Waals surface area contributed by atoms with Crippen molar-refractivity contribution < 1.29 is 28.6 Å². The number of carbonyl (C=O) groups is 3. The Morgan fingerprint density at radius 3 is 2.87 bits per heavy atom. The van der Waals surface area contributed by atoms with Crippen LogP contribution < -0.4 is 16.4 Å². The van der Waals surface area contributed by atoms with Crippen LogP contribution in [0.4, 0.5) is 4.79 Å². The molecule has 4 N–H and O–H groups in total. The number of hydrogen-bond acceptors (Lipinski definition) is 9. The smallest absolute Gasteiger partial charge is 0.404 e. The molecule has 1 amide bonds. The number of amides is 1. The Bertz CT molecular complexity index is 892. The number of rotatable bonds is 6. The van der Waals surface area contributed by atoms with Gasteiger partial charge in [0.05, 0.1) is 29.5 Å². The number of ether oxygens (including phenoxy) is 3. The highest BCUT2D eigenvalue weighted by Gasteiger charge is 2.72. The number of fused-ring (bicyclic) bond motifs is 4. The monoisotopic (exact) mass is 418 g/mol. The lowest BCUT2D eigenvalue weighted by Crippen LogP contribution is -2.55. The van der Waals surface area contributed by atoms with Crippen molar-refractivity contribution >= 4 is 17.7 Å². The van der Waals surface area contributed by atoms with E-state index in [1.54, 1.807) is 14.0 Å². The lowest BCUT2D eigenvalue weighted by molar-refractivity contribution is -0.137. The summed E-state index contributed by atoms with van der Waals surface area (Å²) in [6, 6.07) is 0.111. The molecule has 0 radical (unpaired) electrons. The minimum Gasteiger partial charge on any atom is -0.449 e. The number of carbonyl (C=O) groups excluding carboxylic acids is 3. The average molecular weight is 418 g/mol. The Hall–Kier alpha value is -2.43. The fourth-order valence-electron chi connectivity index (χ4n) is 5.52. The molecule has 0 bridgehead atoms. The molecule has 162 valence electrons. The van der Waals surface area contributed by atoms with Gasteiger partial charge in [0, 0.05) is 44.0 Å². The van der Waals surface area contributed by atoms with Gasteiger partial charge in [-0.15, -0.1) is 0 Å². The SMILES string of the molecule is CO[C@@]12[C@H](COC(N)=O)C3=C(C(=O)C(C)=C(NC[C@@H]4CCCO4)C3=O)N1C[C@@H]1N[C@@H]12. The van der Waals surface area contributed by atoms with Crippen molar-refractivity contribution in [3.05, 3.63) is 22.5 Å². The van der Waals surface area contributed by atoms with Crippen LogP contribution in [0, 0.1) is 5.92 Å². The van der Waals surface area contributed by atoms with Gasteiger partial charge in [0.1, 0.15) is 6.61 Å². The summed E-state index contributed by atoms with van der Waals surface area (Å²) in [5, 5.41) is 6.49. The lowest BCUT2D eigenvalue weighted by atomic mass is 9.82. The standard InChI is InChI=1S/C20H26N4O6/c1-9-14(22-6-10-4-3-5-29-10)17(26)13-11(8-30-19(21)27)20(28-2)18-12(23-18)7-24(20)15(13)16(9)25/h10-12,18,22-23H,3-8H2,1-2H3,(H2,21,27)/t10-,11+,12-,18-,20+/m0/s1. The zero-order valence-corrected chi connectivity index (χ0v) is 17.0. The van der Waals surface area contributed by atoms with Crippen LogP contribution in [0.1, 0.15) is 19.8 Å². The van der Waals surface area contributed by atoms with Crippen LogP contribution in [0.5, 0.6) is 0 Å². The summed E-state index contributed by atoms with van der Waals surface area (Å²) >= 11 is 0. The van der Waals surface area contributed by atoms with Gasteiger partial charge in [-0.1, -0.05) is 0 Å². The molecule has 0 aromatic heterocycles. The molecular formula is C20H26N4O6. The second kappa shape index (κ2) is 6.79. The van der Waals surface area contributed by atoms with Crippen molar-refractivity contribution in [3.8, 4) is 0 Å². The lowest BCUT2D eigenvalue weighted by Gasteiger charge is -2.39. The number of nitrogens with zero attached hydrogens (tertiary/aromatic N) is 1. The van der Waals surface area contributed by atoms with Crippen LogP contribution in [0.15, 0.2) is 22.5 Å². The minimum absolute atomic E-state index is 0.0195. The maximum absolute atomic E-state index is 13.6. The van der Waals surface area contributed by atoms with E-state index in [0.29, 0.717) is 36.5 Å². The molecule has 3 fully saturated rings. The average Bonchev–Trinajstić information content (AvgIpc) is 3.08. The highest BCUT2D eigenvalue weighted by Crippen LogP contribution is 2.55. The van der Waals surface area contributed by atoms with Crippen LogP contribution in [0.3, 0.4) is 0 Å². The van der Waals surface area contributed by atoms with Gasteiger partial charge in [-0.2, -0.15) is 0 Å². The van der Waals surface area contributed by atoms with Gasteiger partial charge in [0.15, 0.2) is 5.72 Å². The van der Waals surface area contributed by atoms with E-state index in [2.05, 4.69) is 10.6 Å². The largest absolute Gasteiger partial charge is 0.449 e. The summed E-state index contributed by atoms with van der Waals surface area (Å²) in [7, 11) is 1.55. The molecule has 30 heavy (non-hydrogen) atoms. The first-order valence-electron chi connectivity index (χ1n) is 10.3. The number of allylic oxidation sites excluding steroid dienone is 2. The summed E-state index contributed by atoms with van der Waals surface area (Å²) < 4.78 is 16.7. The third kappa shape index (κ3) is 2.57. The highest BCUT2D eigenvalue weighted by atomic mass is 16.6. The number of piperazine rings is 1. The fourth-order valence-corrected chi connectivity index (χ4v) is 5.52. The van der Waals surface area contributed by atoms with Crippen molar-refractivity contribution in [1.29, 1.82) is 0 Å². The van der Waals surface area contributed by atoms with E-state index in [0.717, 1.165) is 12.8 Å². The minimum atomic E-state index is -0.958. The molecule has 4 aliphatic heterocycles. The van der Waals surface area contributed by atoms with E-state index < -0.39 is 17.7 Å². The second-order valence-electron chi connectivity index (χ2n) is 8.44. The number of ketones is 2. The number of nitrogens with two attached hydrogens (primary N) is 1. The molecule has 10 nitrogen and oxygen atoms in total. The molecule has 5 aliphatic rings. The molecule has 10 heteroatoms. The first-order valence-corrected chi connectivity index (χ1v) is 10.3. The molecular weight excluding hydrogens is 392 g/mol. The first-order chi connectivity index (χ1) is 14.4. The molecule has 4 heterocycles. The molecule has 3 saturated heterocycles. The maximum Gasteiger partial charge on any atom is 0.404 e. The Morgan fingerprint density at radius 1 is 1.40 bits per heavy atom. The maximum atomic E-state index is 13.6. The van der Waals surface area contributed by atoms with E-state index in [9.17, 15) is 14.4 Å². The van der Waals surface area contributed by atoms with Crippen molar-refractivity contribution in [2.75, 3.05) is 33.4 Å². The fraction of sp³-hybridized carbons (Fsp3) is 0.650. The molecule has 0 aromatic carbocycles. The quantitative estimate of drug-likeness (QED) is 0.372. The van der Waals surface area contributed by atoms with Gasteiger partial charge >= 0.3 is 6.09 Å². The van der Waals surface area contributed by atoms with E-state index in [1.165, 1.54) is 0 Å². The van der Waals surface area contributed by atoms with Gasteiger partial charge < -0.3 is 35.5 Å². The molecule has 0 unspecified atom stereocenters. The summed E-state index contributed by atoms with van der Waals surface area (Å²) in [6.07, 6.45) is 0.990. The number of hydrogen-bond donors (Lipinski definition) is 3. The summed E-state index contributed by atoms with van der Waals surface area (Å²) in [5.74, 6) is -1.09. The second-order valence-corrected chi connectivity index (χ2v) is 8.44. The number of nitrogens with one attached hydrogen (secondary N) is 2. The van der Waals surface area contributed by atoms with Gasteiger partial charge in [-0.05, 0) is 19.8 Å². The molecule has 5 rings (SSSR count). The Balaban J connectivity index is 1.50. The van der Waals surface area contributed by atoms with Crippen molar-refractivity contribution in [3.63, 3.8) is 0 Å². The van der Waals surface area contributed by atoms with E-state index in [1.807, 2.05) is 4.90 Å². The predicted molar refractivity (Wildman–Crippen MR) is 103 cm³/mol. The van der Waals surface area contributed by atoms with Crippen LogP contribution in [-0.4, -0.2) is 79.9 Å². The number of methoxy groups -OCH3 is 1. The third-order valence-corrected chi connectivity index (χ3v) is 6.96. The van der Waals surface area contributed by atoms with Gasteiger partial charge in [0.25, 0.3) is 0 Å². The number of Topliss-reactive ketones (excluding diaryl/α,β-unsaturated/α-hetero) is 2. The van der Waals surface area contributed by atoms with Crippen LogP contribution in [0.25, 0.3) is 0 Å². The van der Waals surface area contributed by atoms with Crippen LogP contribution in [-0.2, 0) is 23.8 Å². The molecule has 0 spiro atoms. The summed E-state index contributed by atoms with van der Waals surface area (Å²) in [6.45, 7) is 3.25. The van der Waals surface area contributed by atoms with Crippen LogP contribution in [0.2, 0.25) is 0 Å². The topological polar surface area (TPSA) is 142 Å². The molecule has 0 aromatic rings. The van der Waals surface area contributed by atoms with E-state index in [4.69, 9.17) is 19.9 Å². The third-order valence-electron chi connectivity index (χ3n) is 6.96. The predicted octanol–water partition coefficient (Wildman–Crippen LogP) is -0.841. The molecule has 5 atom stereocenters. The van der Waals surface area contributed by atoms with Gasteiger partial charge in [-0.25, -0.2) is 4.79 Å². The van der Waals surface area contributed by atoms with Crippen LogP contribution >= 0.6 is 0 Å². The first kappa shape index (κ1) is 19.5. The van der Waals surface area contributed by atoms with Gasteiger partial charge in [-0.3, -0.25) is 9.59 Å². The van der Waals surface area contributed by atoms with Crippen molar-refractivity contribution in [2.24, 2.45) is 11.7 Å².